The Morgan fingerprint density at radius 3 is 2.47 bits per heavy atom. The van der Waals surface area contributed by atoms with Gasteiger partial charge in [-0.3, -0.25) is 4.98 Å². The van der Waals surface area contributed by atoms with Crippen LogP contribution in [0.25, 0.3) is 10.9 Å². The van der Waals surface area contributed by atoms with Crippen molar-refractivity contribution in [2.45, 2.75) is 6.92 Å². The van der Waals surface area contributed by atoms with E-state index < -0.39 is 11.6 Å². The fourth-order valence-corrected chi connectivity index (χ4v) is 1.82. The molecule has 0 bridgehead atoms. The highest BCUT2D eigenvalue weighted by Crippen LogP contribution is 2.33. The molecule has 1 nitrogen and oxygen atoms in total. The second-order valence-electron chi connectivity index (χ2n) is 3.11. The van der Waals surface area contributed by atoms with Crippen LogP contribution in [0.1, 0.15) is 5.69 Å². The summed E-state index contributed by atoms with van der Waals surface area (Å²) in [6.45, 7) is 1.62. The van der Waals surface area contributed by atoms with Crippen LogP contribution in [0.5, 0.6) is 0 Å². The molecule has 0 fully saturated rings. The summed E-state index contributed by atoms with van der Waals surface area (Å²) in [6.07, 6.45) is 0. The Bertz CT molecular complexity index is 555. The van der Waals surface area contributed by atoms with Crippen LogP contribution >= 0.6 is 23.2 Å². The third-order valence-corrected chi connectivity index (χ3v) is 2.99. The summed E-state index contributed by atoms with van der Waals surface area (Å²) in [5.41, 5.74) is 0.610. The van der Waals surface area contributed by atoms with Crippen LogP contribution in [0.4, 0.5) is 8.78 Å². The molecule has 0 radical (unpaired) electrons. The Kier molecular flexibility index (Phi) is 2.52. The highest BCUT2D eigenvalue weighted by Gasteiger charge is 2.14. The summed E-state index contributed by atoms with van der Waals surface area (Å²) in [6, 6.07) is 1.87. The van der Waals surface area contributed by atoms with Gasteiger partial charge in [0.25, 0.3) is 0 Å². The predicted molar refractivity (Wildman–Crippen MR) is 56.4 cm³/mol. The first-order chi connectivity index (χ1) is 7.00. The van der Waals surface area contributed by atoms with E-state index in [9.17, 15) is 8.78 Å². The normalized spacial score (nSPS) is 11.0. The van der Waals surface area contributed by atoms with E-state index in [1.165, 1.54) is 0 Å². The van der Waals surface area contributed by atoms with Crippen molar-refractivity contribution < 1.29 is 8.78 Å². The number of nitrogens with zero attached hydrogens (tertiary/aromatic N) is 1. The topological polar surface area (TPSA) is 12.9 Å². The molecule has 1 aromatic carbocycles. The van der Waals surface area contributed by atoms with E-state index in [1.54, 1.807) is 6.92 Å². The summed E-state index contributed by atoms with van der Waals surface area (Å²) in [4.78, 5) is 3.96. The molecule has 5 heteroatoms. The molecule has 2 rings (SSSR count). The summed E-state index contributed by atoms with van der Waals surface area (Å²) in [5, 5.41) is 0.306. The highest BCUT2D eigenvalue weighted by atomic mass is 35.5. The zero-order chi connectivity index (χ0) is 11.2. The minimum atomic E-state index is -0.760. The molecule has 15 heavy (non-hydrogen) atoms. The van der Waals surface area contributed by atoms with Gasteiger partial charge in [0.2, 0.25) is 0 Å². The summed E-state index contributed by atoms with van der Waals surface area (Å²) in [7, 11) is 0. The fourth-order valence-electron chi connectivity index (χ4n) is 1.36. The monoisotopic (exact) mass is 247 g/mol. The van der Waals surface area contributed by atoms with E-state index in [4.69, 9.17) is 23.2 Å². The SMILES string of the molecule is Cc1nc2cc(F)cc(F)c2c(Cl)c1Cl. The lowest BCUT2D eigenvalue weighted by atomic mass is 10.2. The van der Waals surface area contributed by atoms with Crippen molar-refractivity contribution in [1.29, 1.82) is 0 Å². The molecule has 0 saturated carbocycles. The quantitative estimate of drug-likeness (QED) is 0.683. The van der Waals surface area contributed by atoms with E-state index in [1.807, 2.05) is 0 Å². The van der Waals surface area contributed by atoms with Gasteiger partial charge in [-0.1, -0.05) is 23.2 Å². The van der Waals surface area contributed by atoms with Crippen LogP contribution < -0.4 is 0 Å². The Morgan fingerprint density at radius 1 is 1.13 bits per heavy atom. The zero-order valence-electron chi connectivity index (χ0n) is 7.61. The lowest BCUT2D eigenvalue weighted by Gasteiger charge is -2.06. The van der Waals surface area contributed by atoms with Crippen molar-refractivity contribution in [3.05, 3.63) is 39.5 Å². The van der Waals surface area contributed by atoms with Crippen LogP contribution in [-0.4, -0.2) is 4.98 Å². The number of rotatable bonds is 0. The van der Waals surface area contributed by atoms with Gasteiger partial charge < -0.3 is 0 Å². The summed E-state index contributed by atoms with van der Waals surface area (Å²) >= 11 is 11.7. The molecule has 0 atom stereocenters. The fraction of sp³-hybridized carbons (Fsp3) is 0.100. The number of aryl methyl sites for hydroxylation is 1. The van der Waals surface area contributed by atoms with Crippen LogP contribution in [0, 0.1) is 18.6 Å². The number of pyridine rings is 1. The molecule has 0 amide bonds. The lowest BCUT2D eigenvalue weighted by Crippen LogP contribution is -1.92. The Hall–Kier alpha value is -0.930. The molecule has 1 heterocycles. The predicted octanol–water partition coefficient (Wildman–Crippen LogP) is 4.13. The van der Waals surface area contributed by atoms with Gasteiger partial charge in [-0.15, -0.1) is 0 Å². The molecular weight excluding hydrogens is 243 g/mol. The largest absolute Gasteiger partial charge is 0.251 e. The van der Waals surface area contributed by atoms with Crippen molar-refractivity contribution in [2.24, 2.45) is 0 Å². The molecule has 0 aliphatic rings. The molecule has 0 saturated heterocycles. The molecule has 0 aliphatic carbocycles. The van der Waals surface area contributed by atoms with E-state index in [0.717, 1.165) is 12.1 Å². The Balaban J connectivity index is 2.99. The van der Waals surface area contributed by atoms with Crippen LogP contribution in [-0.2, 0) is 0 Å². The number of hydrogen-bond donors (Lipinski definition) is 0. The minimum Gasteiger partial charge on any atom is -0.251 e. The third kappa shape index (κ3) is 1.66. The van der Waals surface area contributed by atoms with Crippen molar-refractivity contribution in [1.82, 2.24) is 4.98 Å². The number of halogens is 4. The first kappa shape index (κ1) is 10.6. The third-order valence-electron chi connectivity index (χ3n) is 2.05. The summed E-state index contributed by atoms with van der Waals surface area (Å²) < 4.78 is 26.3. The van der Waals surface area contributed by atoms with E-state index in [0.29, 0.717) is 5.69 Å². The highest BCUT2D eigenvalue weighted by molar-refractivity contribution is 6.45. The van der Waals surface area contributed by atoms with Crippen molar-refractivity contribution >= 4 is 34.1 Å². The first-order valence-corrected chi connectivity index (χ1v) is 4.86. The number of fused-ring (bicyclic) bond motifs is 1. The minimum absolute atomic E-state index is 0.0497. The average molecular weight is 248 g/mol. The Labute approximate surface area is 94.6 Å². The van der Waals surface area contributed by atoms with Gasteiger partial charge in [0.05, 0.1) is 26.6 Å². The number of hydrogen-bond acceptors (Lipinski definition) is 1. The van der Waals surface area contributed by atoms with Gasteiger partial charge in [-0.05, 0) is 6.92 Å². The van der Waals surface area contributed by atoms with E-state index in [-0.39, 0.29) is 20.9 Å². The molecule has 78 valence electrons. The van der Waals surface area contributed by atoms with Crippen LogP contribution in [0.2, 0.25) is 10.0 Å². The van der Waals surface area contributed by atoms with Crippen LogP contribution in [0.3, 0.4) is 0 Å². The number of aromatic nitrogens is 1. The van der Waals surface area contributed by atoms with Crippen LogP contribution in [0.15, 0.2) is 12.1 Å². The maximum absolute atomic E-state index is 13.4. The maximum atomic E-state index is 13.4. The van der Waals surface area contributed by atoms with Gasteiger partial charge in [-0.25, -0.2) is 8.78 Å². The van der Waals surface area contributed by atoms with Crippen molar-refractivity contribution in [2.75, 3.05) is 0 Å². The van der Waals surface area contributed by atoms with E-state index >= 15 is 0 Å². The standard InChI is InChI=1S/C10H5Cl2F2N/c1-4-9(11)10(12)8-6(14)2-5(13)3-7(8)15-4/h2-3H,1H3. The molecule has 0 unspecified atom stereocenters. The lowest BCUT2D eigenvalue weighted by molar-refractivity contribution is 0.591. The average Bonchev–Trinajstić information content (AvgIpc) is 2.13. The van der Waals surface area contributed by atoms with Crippen molar-refractivity contribution in [3.8, 4) is 0 Å². The Morgan fingerprint density at radius 2 is 1.80 bits per heavy atom. The van der Waals surface area contributed by atoms with Gasteiger partial charge in [0.1, 0.15) is 11.6 Å². The van der Waals surface area contributed by atoms with Gasteiger partial charge in [-0.2, -0.15) is 0 Å². The maximum Gasteiger partial charge on any atom is 0.137 e. The first-order valence-electron chi connectivity index (χ1n) is 4.11. The molecule has 0 N–H and O–H groups in total. The molecule has 0 spiro atoms. The number of benzene rings is 1. The molecule has 0 aliphatic heterocycles. The van der Waals surface area contributed by atoms with E-state index in [2.05, 4.69) is 4.98 Å². The van der Waals surface area contributed by atoms with Gasteiger partial charge >= 0.3 is 0 Å². The zero-order valence-corrected chi connectivity index (χ0v) is 9.13. The molecular formula is C10H5Cl2F2N. The molecule has 2 aromatic rings. The van der Waals surface area contributed by atoms with Gasteiger partial charge in [0, 0.05) is 12.1 Å². The second kappa shape index (κ2) is 3.58. The van der Waals surface area contributed by atoms with Gasteiger partial charge in [0.15, 0.2) is 0 Å². The molecule has 1 aromatic heterocycles. The summed E-state index contributed by atoms with van der Waals surface area (Å²) in [5.74, 6) is -1.45. The second-order valence-corrected chi connectivity index (χ2v) is 3.86. The smallest absolute Gasteiger partial charge is 0.137 e. The van der Waals surface area contributed by atoms with Crippen molar-refractivity contribution in [3.63, 3.8) is 0 Å².